The molecule has 1 N–H and O–H groups in total. The largest absolute Gasteiger partial charge is 0.497 e. The van der Waals surface area contributed by atoms with E-state index in [0.717, 1.165) is 16.9 Å². The Morgan fingerprint density at radius 1 is 1.03 bits per heavy atom. The number of nitriles is 1. The third kappa shape index (κ3) is 6.87. The van der Waals surface area contributed by atoms with Gasteiger partial charge in [0.2, 0.25) is 0 Å². The first-order valence-electron chi connectivity index (χ1n) is 10.7. The van der Waals surface area contributed by atoms with Gasteiger partial charge >= 0.3 is 0 Å². The number of hydrogen-bond donors (Lipinski definition) is 1. The summed E-state index contributed by atoms with van der Waals surface area (Å²) in [7, 11) is 1.60. The van der Waals surface area contributed by atoms with Crippen molar-refractivity contribution in [2.24, 2.45) is 0 Å². The zero-order valence-corrected chi connectivity index (χ0v) is 20.6. The number of hydrogen-bond acceptors (Lipinski definition) is 5. The van der Waals surface area contributed by atoms with Gasteiger partial charge in [-0.25, -0.2) is 0 Å². The van der Waals surface area contributed by atoms with Crippen LogP contribution in [0.25, 0.3) is 6.08 Å². The Labute approximate surface area is 207 Å². The third-order valence-electron chi connectivity index (χ3n) is 4.88. The van der Waals surface area contributed by atoms with Crippen LogP contribution >= 0.6 is 15.9 Å². The topological polar surface area (TPSA) is 80.6 Å². The van der Waals surface area contributed by atoms with Gasteiger partial charge in [-0.1, -0.05) is 58.4 Å². The van der Waals surface area contributed by atoms with Gasteiger partial charge in [-0.2, -0.15) is 5.26 Å². The average Bonchev–Trinajstić information content (AvgIpc) is 2.87. The van der Waals surface area contributed by atoms with Crippen LogP contribution in [0.5, 0.6) is 17.2 Å². The summed E-state index contributed by atoms with van der Waals surface area (Å²) in [5, 5.41) is 12.4. The molecule has 3 aromatic carbocycles. The maximum absolute atomic E-state index is 12.6. The number of carbonyl (C=O) groups excluding carboxylic acids is 1. The molecule has 0 atom stereocenters. The van der Waals surface area contributed by atoms with E-state index in [4.69, 9.17) is 14.2 Å². The lowest BCUT2D eigenvalue weighted by atomic mass is 10.1. The van der Waals surface area contributed by atoms with Crippen LogP contribution in [0.1, 0.15) is 23.6 Å². The second-order valence-electron chi connectivity index (χ2n) is 7.23. The summed E-state index contributed by atoms with van der Waals surface area (Å²) in [4.78, 5) is 12.6. The van der Waals surface area contributed by atoms with Crippen molar-refractivity contribution >= 4 is 27.9 Å². The van der Waals surface area contributed by atoms with E-state index < -0.39 is 5.91 Å². The molecule has 3 rings (SSSR count). The van der Waals surface area contributed by atoms with Crippen molar-refractivity contribution in [2.75, 3.05) is 13.7 Å². The van der Waals surface area contributed by atoms with Crippen LogP contribution in [0.3, 0.4) is 0 Å². The highest BCUT2D eigenvalue weighted by Crippen LogP contribution is 2.35. The predicted octanol–water partition coefficient (Wildman–Crippen LogP) is 5.66. The van der Waals surface area contributed by atoms with Crippen molar-refractivity contribution in [1.29, 1.82) is 5.26 Å². The number of rotatable bonds is 10. The normalized spacial score (nSPS) is 10.8. The molecule has 0 heterocycles. The molecule has 0 aromatic heterocycles. The predicted molar refractivity (Wildman–Crippen MR) is 135 cm³/mol. The zero-order valence-electron chi connectivity index (χ0n) is 19.0. The molecule has 0 aliphatic carbocycles. The van der Waals surface area contributed by atoms with Gasteiger partial charge in [-0.05, 0) is 54.0 Å². The van der Waals surface area contributed by atoms with Gasteiger partial charge in [0, 0.05) is 11.0 Å². The number of ether oxygens (including phenoxy) is 3. The van der Waals surface area contributed by atoms with Crippen molar-refractivity contribution in [2.45, 2.75) is 20.1 Å². The van der Waals surface area contributed by atoms with E-state index in [-0.39, 0.29) is 5.57 Å². The lowest BCUT2D eigenvalue weighted by Crippen LogP contribution is -2.23. The van der Waals surface area contributed by atoms with Gasteiger partial charge in [-0.3, -0.25) is 4.79 Å². The smallest absolute Gasteiger partial charge is 0.262 e. The Balaban J connectivity index is 1.76. The van der Waals surface area contributed by atoms with Crippen LogP contribution in [0.15, 0.2) is 76.8 Å². The minimum atomic E-state index is -0.465. The molecule has 0 spiro atoms. The van der Waals surface area contributed by atoms with Gasteiger partial charge in [0.05, 0.1) is 13.7 Å². The van der Waals surface area contributed by atoms with Gasteiger partial charge < -0.3 is 19.5 Å². The second-order valence-corrected chi connectivity index (χ2v) is 8.08. The molecule has 7 heteroatoms. The van der Waals surface area contributed by atoms with Crippen LogP contribution in [-0.2, 0) is 17.9 Å². The summed E-state index contributed by atoms with van der Waals surface area (Å²) >= 11 is 3.52. The van der Waals surface area contributed by atoms with Crippen LogP contribution in [0.4, 0.5) is 0 Å². The van der Waals surface area contributed by atoms with Gasteiger partial charge in [-0.15, -0.1) is 0 Å². The molecule has 34 heavy (non-hydrogen) atoms. The van der Waals surface area contributed by atoms with E-state index in [0.29, 0.717) is 41.3 Å². The highest BCUT2D eigenvalue weighted by Gasteiger charge is 2.14. The van der Waals surface area contributed by atoms with Crippen LogP contribution in [0.2, 0.25) is 0 Å². The maximum atomic E-state index is 12.6. The average molecular weight is 521 g/mol. The van der Waals surface area contributed by atoms with Crippen molar-refractivity contribution in [3.8, 4) is 23.3 Å². The fraction of sp³-hybridized carbons (Fsp3) is 0.185. The zero-order chi connectivity index (χ0) is 24.3. The van der Waals surface area contributed by atoms with Crippen molar-refractivity contribution < 1.29 is 19.0 Å². The molecule has 0 bridgehead atoms. The molecule has 0 aliphatic heterocycles. The van der Waals surface area contributed by atoms with Crippen molar-refractivity contribution in [1.82, 2.24) is 5.32 Å². The fourth-order valence-corrected chi connectivity index (χ4v) is 3.54. The molecular weight excluding hydrogens is 496 g/mol. The number of halogens is 1. The number of benzene rings is 3. The van der Waals surface area contributed by atoms with Crippen LogP contribution in [0, 0.1) is 11.3 Å². The summed E-state index contributed by atoms with van der Waals surface area (Å²) in [5.74, 6) is 1.37. The monoisotopic (exact) mass is 520 g/mol. The SMILES string of the molecule is CCOc1cc(/C=C(/C#N)C(=O)NCc2ccc(OC)cc2)c(Br)cc1OCc1ccccc1. The van der Waals surface area contributed by atoms with Crippen LogP contribution in [-0.4, -0.2) is 19.6 Å². The first kappa shape index (κ1) is 24.9. The number of amides is 1. The Kier molecular flexibility index (Phi) is 9.12. The molecule has 0 unspecified atom stereocenters. The van der Waals surface area contributed by atoms with Crippen molar-refractivity contribution in [3.05, 3.63) is 93.5 Å². The molecule has 0 aliphatic rings. The number of carbonyl (C=O) groups is 1. The molecule has 6 nitrogen and oxygen atoms in total. The van der Waals surface area contributed by atoms with E-state index in [1.54, 1.807) is 19.2 Å². The molecule has 0 saturated heterocycles. The second kappa shape index (κ2) is 12.5. The Morgan fingerprint density at radius 3 is 2.38 bits per heavy atom. The molecule has 3 aromatic rings. The minimum absolute atomic E-state index is 0.0189. The Morgan fingerprint density at radius 2 is 1.74 bits per heavy atom. The van der Waals surface area contributed by atoms with Gasteiger partial charge in [0.15, 0.2) is 11.5 Å². The molecule has 1 amide bonds. The summed E-state index contributed by atoms with van der Waals surface area (Å²) in [6.07, 6.45) is 1.52. The summed E-state index contributed by atoms with van der Waals surface area (Å²) in [6, 6.07) is 22.7. The first-order valence-corrected chi connectivity index (χ1v) is 11.5. The highest BCUT2D eigenvalue weighted by atomic mass is 79.9. The van der Waals surface area contributed by atoms with Crippen LogP contribution < -0.4 is 19.5 Å². The number of nitrogens with zero attached hydrogens (tertiary/aromatic N) is 1. The molecule has 0 radical (unpaired) electrons. The lowest BCUT2D eigenvalue weighted by Gasteiger charge is -2.14. The first-order chi connectivity index (χ1) is 16.5. The van der Waals surface area contributed by atoms with Gasteiger partial charge in [0.1, 0.15) is 24.0 Å². The lowest BCUT2D eigenvalue weighted by molar-refractivity contribution is -0.117. The standard InChI is InChI=1S/C27H25BrN2O4/c1-3-33-25-14-21(24(28)15-26(25)34-18-20-7-5-4-6-8-20)13-22(16-29)27(31)30-17-19-9-11-23(32-2)12-10-19/h4-15H,3,17-18H2,1-2H3,(H,30,31)/b22-13-. The summed E-state index contributed by atoms with van der Waals surface area (Å²) < 4.78 is 17.5. The van der Waals surface area contributed by atoms with E-state index in [9.17, 15) is 10.1 Å². The third-order valence-corrected chi connectivity index (χ3v) is 5.56. The molecular formula is C27H25BrN2O4. The van der Waals surface area contributed by atoms with E-state index in [2.05, 4.69) is 21.2 Å². The van der Waals surface area contributed by atoms with Gasteiger partial charge in [0.25, 0.3) is 5.91 Å². The summed E-state index contributed by atoms with van der Waals surface area (Å²) in [6.45, 7) is 3.00. The molecule has 0 fully saturated rings. The fourth-order valence-electron chi connectivity index (χ4n) is 3.10. The minimum Gasteiger partial charge on any atom is -0.497 e. The Bertz CT molecular complexity index is 1190. The van der Waals surface area contributed by atoms with E-state index in [1.165, 1.54) is 6.08 Å². The number of methoxy groups -OCH3 is 1. The maximum Gasteiger partial charge on any atom is 0.262 e. The van der Waals surface area contributed by atoms with Crippen molar-refractivity contribution in [3.63, 3.8) is 0 Å². The summed E-state index contributed by atoms with van der Waals surface area (Å²) in [5.41, 5.74) is 2.54. The molecule has 0 saturated carbocycles. The van der Waals surface area contributed by atoms with E-state index in [1.807, 2.05) is 67.6 Å². The Hall–Kier alpha value is -3.76. The van der Waals surface area contributed by atoms with E-state index >= 15 is 0 Å². The molecule has 174 valence electrons. The highest BCUT2D eigenvalue weighted by molar-refractivity contribution is 9.10. The number of nitrogens with one attached hydrogen (secondary N) is 1. The quantitative estimate of drug-likeness (QED) is 0.275.